The summed E-state index contributed by atoms with van der Waals surface area (Å²) in [5.74, 6) is 0.848. The van der Waals surface area contributed by atoms with Gasteiger partial charge in [0, 0.05) is 55.5 Å². The summed E-state index contributed by atoms with van der Waals surface area (Å²) >= 11 is 0. The molecule has 2 aliphatic rings. The van der Waals surface area contributed by atoms with Gasteiger partial charge in [-0.2, -0.15) is 10.4 Å². The maximum Gasteiger partial charge on any atom is 0.414 e. The molecule has 0 unspecified atom stereocenters. The molecule has 1 aromatic carbocycles. The predicted octanol–water partition coefficient (Wildman–Crippen LogP) is 7.81. The zero-order valence-electron chi connectivity index (χ0n) is 31.5. The second-order valence-corrected chi connectivity index (χ2v) is 21.4. The maximum absolute atomic E-state index is 13.6. The Bertz CT molecular complexity index is 1810. The fraction of sp³-hybridized carbons (Fsp3) is 0.568. The molecule has 0 bridgehead atoms. The van der Waals surface area contributed by atoms with Crippen molar-refractivity contribution in [3.63, 3.8) is 0 Å². The lowest BCUT2D eigenvalue weighted by molar-refractivity contribution is 0.0575. The second-order valence-electron chi connectivity index (χ2n) is 16.6. The zero-order chi connectivity index (χ0) is 36.8. The third-order valence-corrected chi connectivity index (χ3v) is 14.3. The number of nitrogens with zero attached hydrogens (tertiary/aromatic N) is 7. The molecule has 3 aromatic rings. The second kappa shape index (κ2) is 13.4. The lowest BCUT2D eigenvalue weighted by atomic mass is 9.83. The number of anilines is 3. The Kier molecular flexibility index (Phi) is 9.95. The highest BCUT2D eigenvalue weighted by molar-refractivity contribution is 6.74. The topological polar surface area (TPSA) is 138 Å². The number of amides is 2. The smallest absolute Gasteiger partial charge is 0.414 e. The lowest BCUT2D eigenvalue weighted by Gasteiger charge is -2.39. The van der Waals surface area contributed by atoms with E-state index in [1.165, 1.54) is 0 Å². The van der Waals surface area contributed by atoms with Gasteiger partial charge >= 0.3 is 6.09 Å². The fourth-order valence-corrected chi connectivity index (χ4v) is 7.16. The van der Waals surface area contributed by atoms with Crippen molar-refractivity contribution in [2.75, 3.05) is 36.5 Å². The van der Waals surface area contributed by atoms with Crippen LogP contribution in [0.15, 0.2) is 30.5 Å². The largest absolute Gasteiger partial charge is 0.443 e. The van der Waals surface area contributed by atoms with Crippen LogP contribution in [0, 0.1) is 11.3 Å². The van der Waals surface area contributed by atoms with Crippen molar-refractivity contribution >= 4 is 37.8 Å². The Hall–Kier alpha value is -4.28. The van der Waals surface area contributed by atoms with Gasteiger partial charge < -0.3 is 19.4 Å². The molecule has 0 saturated carbocycles. The van der Waals surface area contributed by atoms with E-state index < -0.39 is 25.4 Å². The molecule has 0 aliphatic carbocycles. The van der Waals surface area contributed by atoms with Crippen molar-refractivity contribution < 1.29 is 18.8 Å². The molecule has 4 heterocycles. The predicted molar refractivity (Wildman–Crippen MR) is 197 cm³/mol. The van der Waals surface area contributed by atoms with Gasteiger partial charge in [-0.05, 0) is 89.4 Å². The number of hydrogen-bond acceptors (Lipinski definition) is 9. The molecule has 0 spiro atoms. The Morgan fingerprint density at radius 2 is 1.78 bits per heavy atom. The van der Waals surface area contributed by atoms with Gasteiger partial charge in [0.15, 0.2) is 14.0 Å². The summed E-state index contributed by atoms with van der Waals surface area (Å²) in [4.78, 5) is 39.5. The van der Waals surface area contributed by atoms with Gasteiger partial charge in [-0.15, -0.1) is 0 Å². The highest BCUT2D eigenvalue weighted by atomic mass is 28.4. The minimum atomic E-state index is -2.16. The first-order valence-electron chi connectivity index (χ1n) is 17.5. The molecule has 2 amide bonds. The first-order valence-corrected chi connectivity index (χ1v) is 20.4. The fourth-order valence-electron chi connectivity index (χ4n) is 6.05. The van der Waals surface area contributed by atoms with Gasteiger partial charge in [0.25, 0.3) is 5.91 Å². The lowest BCUT2D eigenvalue weighted by Crippen LogP contribution is -2.46. The number of carbonyl (C=O) groups excluding carboxylic acids is 2. The van der Waals surface area contributed by atoms with Gasteiger partial charge in [0.05, 0.1) is 16.9 Å². The molecule has 5 rings (SSSR count). The van der Waals surface area contributed by atoms with Crippen LogP contribution >= 0.6 is 0 Å². The molecule has 0 radical (unpaired) electrons. The van der Waals surface area contributed by atoms with Crippen LogP contribution in [0.4, 0.5) is 22.2 Å². The normalized spacial score (nSPS) is 18.0. The number of likely N-dealkylation sites (tertiary alicyclic amines) is 1. The van der Waals surface area contributed by atoms with Crippen LogP contribution in [0.5, 0.6) is 0 Å². The average molecular weight is 701 g/mol. The maximum atomic E-state index is 13.6. The molecule has 1 saturated heterocycles. The van der Waals surface area contributed by atoms with Crippen molar-refractivity contribution in [1.29, 1.82) is 5.26 Å². The standard InChI is InChI=1S/C37H52N8O4Si/c1-24(2)45-30(20-29(42-45)32(46)43-16-12-13-17-43)41-33-39-15-14-28(40-33)25-18-26(21-38)31-27(19-25)37(9,23-48-50(10,11)36(6,7)8)22-44(31)34(47)49-35(3,4)5/h14-15,18-20,24H,12-13,16-17,22-23H2,1-11H3,(H,39,40,41)/t37-/m1/s1. The number of benzene rings is 1. The summed E-state index contributed by atoms with van der Waals surface area (Å²) in [6.45, 7) is 24.7. The minimum absolute atomic E-state index is 0.00710. The number of nitrogens with one attached hydrogen (secondary N) is 1. The molecule has 268 valence electrons. The van der Waals surface area contributed by atoms with E-state index in [0.29, 0.717) is 53.1 Å². The highest BCUT2D eigenvalue weighted by Gasteiger charge is 2.47. The van der Waals surface area contributed by atoms with E-state index in [-0.39, 0.29) is 17.0 Å². The Morgan fingerprint density at radius 3 is 2.38 bits per heavy atom. The van der Waals surface area contributed by atoms with Crippen molar-refractivity contribution in [2.24, 2.45) is 0 Å². The van der Waals surface area contributed by atoms with E-state index in [4.69, 9.17) is 14.1 Å². The molecule has 12 nitrogen and oxygen atoms in total. The third-order valence-electron chi connectivity index (χ3n) is 9.86. The summed E-state index contributed by atoms with van der Waals surface area (Å²) in [6.07, 6.45) is 3.15. The van der Waals surface area contributed by atoms with Crippen LogP contribution in [0.25, 0.3) is 11.3 Å². The molecular weight excluding hydrogens is 649 g/mol. The monoisotopic (exact) mass is 700 g/mol. The summed E-state index contributed by atoms with van der Waals surface area (Å²) in [6, 6.07) is 9.63. The Morgan fingerprint density at radius 1 is 1.10 bits per heavy atom. The molecule has 1 N–H and O–H groups in total. The molecule has 13 heteroatoms. The number of rotatable bonds is 8. The van der Waals surface area contributed by atoms with Crippen molar-refractivity contribution in [2.45, 2.75) is 110 Å². The van der Waals surface area contributed by atoms with E-state index in [1.54, 1.807) is 34.0 Å². The highest BCUT2D eigenvalue weighted by Crippen LogP contribution is 2.47. The van der Waals surface area contributed by atoms with E-state index >= 15 is 0 Å². The van der Waals surface area contributed by atoms with Crippen molar-refractivity contribution in [3.05, 3.63) is 47.3 Å². The van der Waals surface area contributed by atoms with Gasteiger partial charge in [-0.3, -0.25) is 9.69 Å². The first-order chi connectivity index (χ1) is 23.2. The van der Waals surface area contributed by atoms with Crippen LogP contribution in [0.1, 0.15) is 103 Å². The first kappa shape index (κ1) is 37.0. The quantitative estimate of drug-likeness (QED) is 0.233. The van der Waals surface area contributed by atoms with E-state index in [2.05, 4.69) is 62.3 Å². The number of aromatic nitrogens is 4. The zero-order valence-corrected chi connectivity index (χ0v) is 32.5. The molecule has 2 aliphatic heterocycles. The number of nitriles is 1. The molecule has 2 aromatic heterocycles. The van der Waals surface area contributed by atoms with E-state index in [0.717, 1.165) is 31.5 Å². The van der Waals surface area contributed by atoms with Gasteiger partial charge in [0.2, 0.25) is 5.95 Å². The number of fused-ring (bicyclic) bond motifs is 1. The summed E-state index contributed by atoms with van der Waals surface area (Å²) in [5, 5.41) is 18.4. The van der Waals surface area contributed by atoms with Crippen molar-refractivity contribution in [1.82, 2.24) is 24.6 Å². The van der Waals surface area contributed by atoms with Crippen LogP contribution in [-0.2, 0) is 14.6 Å². The third kappa shape index (κ3) is 7.56. The number of ether oxygens (including phenoxy) is 1. The van der Waals surface area contributed by atoms with Gasteiger partial charge in [-0.25, -0.2) is 19.4 Å². The van der Waals surface area contributed by atoms with Crippen LogP contribution in [0.2, 0.25) is 18.1 Å². The SMILES string of the molecule is CC(C)n1nc(C(=O)N2CCCC2)cc1Nc1nccc(-c2cc(C#N)c3c(c2)[C@@](C)(CO[Si](C)(C)C(C)(C)C)CN3C(=O)OC(C)(C)C)n1. The van der Waals surface area contributed by atoms with Crippen LogP contribution < -0.4 is 10.2 Å². The van der Waals surface area contributed by atoms with Gasteiger partial charge in [-0.1, -0.05) is 27.7 Å². The van der Waals surface area contributed by atoms with Gasteiger partial charge in [0.1, 0.15) is 17.5 Å². The van der Waals surface area contributed by atoms with Crippen LogP contribution in [-0.4, -0.2) is 76.8 Å². The minimum Gasteiger partial charge on any atom is -0.443 e. The average Bonchev–Trinajstić information content (AvgIpc) is 3.77. The van der Waals surface area contributed by atoms with Crippen LogP contribution in [0.3, 0.4) is 0 Å². The molecule has 1 fully saturated rings. The molecule has 50 heavy (non-hydrogen) atoms. The van der Waals surface area contributed by atoms with E-state index in [1.807, 2.05) is 45.6 Å². The Balaban J connectivity index is 1.53. The summed E-state index contributed by atoms with van der Waals surface area (Å²) in [5.41, 5.74) is 2.05. The number of carbonyl (C=O) groups is 2. The summed E-state index contributed by atoms with van der Waals surface area (Å²) < 4.78 is 14.3. The summed E-state index contributed by atoms with van der Waals surface area (Å²) in [7, 11) is -2.16. The number of hydrogen-bond donors (Lipinski definition) is 1. The van der Waals surface area contributed by atoms with E-state index in [9.17, 15) is 14.9 Å². The molecular formula is C37H52N8O4Si. The molecule has 1 atom stereocenters. The van der Waals surface area contributed by atoms with Crippen molar-refractivity contribution in [3.8, 4) is 17.3 Å². The Labute approximate surface area is 297 Å².